The number of carbonyl (C=O) groups excluding carboxylic acids is 1. The molecule has 104 valence electrons. The fourth-order valence-electron chi connectivity index (χ4n) is 2.58. The van der Waals surface area contributed by atoms with Gasteiger partial charge in [0, 0.05) is 38.9 Å². The molecule has 0 spiro atoms. The first-order valence-corrected chi connectivity index (χ1v) is 7.01. The molecule has 0 N–H and O–H groups in total. The molecule has 0 atom stereocenters. The third-order valence-electron chi connectivity index (χ3n) is 3.46. The van der Waals surface area contributed by atoms with Crippen LogP contribution in [0.5, 0.6) is 0 Å². The van der Waals surface area contributed by atoms with Crippen LogP contribution in [0, 0.1) is 5.92 Å². The Bertz CT molecular complexity index is 437. The second kappa shape index (κ2) is 6.15. The van der Waals surface area contributed by atoms with Gasteiger partial charge in [-0.2, -0.15) is 0 Å². The summed E-state index contributed by atoms with van der Waals surface area (Å²) in [7, 11) is 0. The molecular weight excluding hydrogens is 238 g/mol. The number of anilines is 1. The van der Waals surface area contributed by atoms with Crippen LogP contribution in [0.4, 0.5) is 5.82 Å². The molecule has 0 bridgehead atoms. The van der Waals surface area contributed by atoms with Gasteiger partial charge in [0.1, 0.15) is 5.82 Å². The highest BCUT2D eigenvalue weighted by atomic mass is 16.1. The predicted molar refractivity (Wildman–Crippen MR) is 77.7 cm³/mol. The molecule has 1 aromatic heterocycles. The van der Waals surface area contributed by atoms with Crippen molar-refractivity contribution in [3.05, 3.63) is 23.9 Å². The van der Waals surface area contributed by atoms with Gasteiger partial charge in [-0.25, -0.2) is 4.98 Å². The number of pyridine rings is 1. The van der Waals surface area contributed by atoms with Gasteiger partial charge in [-0.05, 0) is 25.0 Å². The Labute approximate surface area is 115 Å². The zero-order valence-corrected chi connectivity index (χ0v) is 12.1. The Kier molecular flexibility index (Phi) is 4.53. The normalized spacial score (nSPS) is 16.9. The van der Waals surface area contributed by atoms with Crippen LogP contribution in [-0.2, 0) is 0 Å². The number of carbonyl (C=O) groups is 1. The second-order valence-electron chi connectivity index (χ2n) is 5.61. The van der Waals surface area contributed by atoms with Gasteiger partial charge in [-0.15, -0.1) is 0 Å². The summed E-state index contributed by atoms with van der Waals surface area (Å²) in [6.07, 6.45) is 1.77. The van der Waals surface area contributed by atoms with Gasteiger partial charge in [0.15, 0.2) is 5.78 Å². The fraction of sp³-hybridized carbons (Fsp3) is 0.600. The van der Waals surface area contributed by atoms with Crippen molar-refractivity contribution in [1.82, 2.24) is 9.88 Å². The summed E-state index contributed by atoms with van der Waals surface area (Å²) >= 11 is 0. The molecule has 0 radical (unpaired) electrons. The van der Waals surface area contributed by atoms with E-state index in [0.717, 1.165) is 44.1 Å². The lowest BCUT2D eigenvalue weighted by Crippen LogP contribution is -2.48. The van der Waals surface area contributed by atoms with Crippen molar-refractivity contribution in [1.29, 1.82) is 0 Å². The van der Waals surface area contributed by atoms with E-state index in [1.165, 1.54) is 0 Å². The third kappa shape index (κ3) is 3.53. The number of piperazine rings is 1. The highest BCUT2D eigenvalue weighted by Gasteiger charge is 2.21. The number of hydrogen-bond donors (Lipinski definition) is 0. The Morgan fingerprint density at radius 2 is 2.00 bits per heavy atom. The zero-order chi connectivity index (χ0) is 13.8. The lowest BCUT2D eigenvalue weighted by Gasteiger charge is -2.36. The first-order valence-electron chi connectivity index (χ1n) is 7.01. The molecule has 0 aliphatic carbocycles. The van der Waals surface area contributed by atoms with Gasteiger partial charge in [-0.1, -0.05) is 13.8 Å². The van der Waals surface area contributed by atoms with Crippen LogP contribution in [0.15, 0.2) is 18.3 Å². The maximum absolute atomic E-state index is 11.6. The number of nitrogens with zero attached hydrogens (tertiary/aromatic N) is 3. The highest BCUT2D eigenvalue weighted by Crippen LogP contribution is 2.19. The van der Waals surface area contributed by atoms with E-state index in [9.17, 15) is 4.79 Å². The molecule has 1 aliphatic rings. The lowest BCUT2D eigenvalue weighted by atomic mass is 10.1. The summed E-state index contributed by atoms with van der Waals surface area (Å²) in [5.74, 6) is 1.64. The topological polar surface area (TPSA) is 36.4 Å². The first kappa shape index (κ1) is 14.0. The maximum atomic E-state index is 11.6. The monoisotopic (exact) mass is 261 g/mol. The Morgan fingerprint density at radius 1 is 1.32 bits per heavy atom. The van der Waals surface area contributed by atoms with E-state index in [2.05, 4.69) is 28.6 Å². The highest BCUT2D eigenvalue weighted by molar-refractivity contribution is 5.98. The van der Waals surface area contributed by atoms with E-state index in [4.69, 9.17) is 0 Å². The minimum absolute atomic E-state index is 0.0905. The average molecular weight is 261 g/mol. The van der Waals surface area contributed by atoms with E-state index < -0.39 is 0 Å². The lowest BCUT2D eigenvalue weighted by molar-refractivity contribution is 0.101. The van der Waals surface area contributed by atoms with Gasteiger partial charge in [0.2, 0.25) is 0 Å². The maximum Gasteiger partial charge on any atom is 0.163 e. The van der Waals surface area contributed by atoms with E-state index in [1.807, 2.05) is 12.1 Å². The Morgan fingerprint density at radius 3 is 2.58 bits per heavy atom. The zero-order valence-electron chi connectivity index (χ0n) is 12.1. The van der Waals surface area contributed by atoms with Crippen molar-refractivity contribution >= 4 is 11.6 Å². The summed E-state index contributed by atoms with van der Waals surface area (Å²) in [6, 6.07) is 3.69. The van der Waals surface area contributed by atoms with E-state index in [1.54, 1.807) is 13.1 Å². The Balaban J connectivity index is 2.04. The largest absolute Gasteiger partial charge is 0.353 e. The SMILES string of the molecule is CC(=O)c1cccnc1N1CCN(CC(C)C)CC1. The van der Waals surface area contributed by atoms with E-state index in [0.29, 0.717) is 5.92 Å². The molecular formula is C15H23N3O. The fourth-order valence-corrected chi connectivity index (χ4v) is 2.58. The Hall–Kier alpha value is -1.42. The predicted octanol–water partition coefficient (Wildman–Crippen LogP) is 2.06. The molecule has 2 heterocycles. The van der Waals surface area contributed by atoms with Crippen molar-refractivity contribution in [2.45, 2.75) is 20.8 Å². The number of aromatic nitrogens is 1. The molecule has 4 heteroatoms. The van der Waals surface area contributed by atoms with Crippen LogP contribution in [0.1, 0.15) is 31.1 Å². The molecule has 0 saturated carbocycles. The summed E-state index contributed by atoms with van der Waals surface area (Å²) in [5, 5.41) is 0. The quantitative estimate of drug-likeness (QED) is 0.777. The smallest absolute Gasteiger partial charge is 0.163 e. The number of hydrogen-bond acceptors (Lipinski definition) is 4. The second-order valence-corrected chi connectivity index (χ2v) is 5.61. The van der Waals surface area contributed by atoms with Gasteiger partial charge in [-0.3, -0.25) is 9.69 Å². The van der Waals surface area contributed by atoms with Gasteiger partial charge in [0.05, 0.1) is 5.56 Å². The van der Waals surface area contributed by atoms with Crippen molar-refractivity contribution in [2.75, 3.05) is 37.6 Å². The van der Waals surface area contributed by atoms with Crippen LogP contribution in [0.25, 0.3) is 0 Å². The molecule has 0 aromatic carbocycles. The van der Waals surface area contributed by atoms with E-state index in [-0.39, 0.29) is 5.78 Å². The summed E-state index contributed by atoms with van der Waals surface area (Å²) in [4.78, 5) is 20.8. The number of rotatable bonds is 4. The minimum Gasteiger partial charge on any atom is -0.353 e. The molecule has 1 aliphatic heterocycles. The van der Waals surface area contributed by atoms with Crippen molar-refractivity contribution in [2.24, 2.45) is 5.92 Å². The molecule has 1 fully saturated rings. The number of ketones is 1. The van der Waals surface area contributed by atoms with Crippen LogP contribution < -0.4 is 4.90 Å². The summed E-state index contributed by atoms with van der Waals surface area (Å²) in [5.41, 5.74) is 0.736. The van der Waals surface area contributed by atoms with Gasteiger partial charge in [0.25, 0.3) is 0 Å². The molecule has 0 unspecified atom stereocenters. The molecule has 2 rings (SSSR count). The van der Waals surface area contributed by atoms with Crippen molar-refractivity contribution in [3.8, 4) is 0 Å². The van der Waals surface area contributed by atoms with Crippen molar-refractivity contribution in [3.63, 3.8) is 0 Å². The van der Waals surface area contributed by atoms with Gasteiger partial charge >= 0.3 is 0 Å². The first-order chi connectivity index (χ1) is 9.08. The van der Waals surface area contributed by atoms with Crippen LogP contribution in [0.3, 0.4) is 0 Å². The minimum atomic E-state index is 0.0905. The molecule has 19 heavy (non-hydrogen) atoms. The average Bonchev–Trinajstić information content (AvgIpc) is 2.39. The van der Waals surface area contributed by atoms with Crippen molar-refractivity contribution < 1.29 is 4.79 Å². The van der Waals surface area contributed by atoms with Crippen LogP contribution in [-0.4, -0.2) is 48.4 Å². The van der Waals surface area contributed by atoms with Crippen LogP contribution >= 0.6 is 0 Å². The van der Waals surface area contributed by atoms with Crippen LogP contribution in [0.2, 0.25) is 0 Å². The number of Topliss-reactive ketones (excluding diaryl/α,β-unsaturated/α-hetero) is 1. The molecule has 0 amide bonds. The summed E-state index contributed by atoms with van der Waals surface area (Å²) < 4.78 is 0. The van der Waals surface area contributed by atoms with E-state index >= 15 is 0 Å². The molecule has 1 saturated heterocycles. The molecule has 1 aromatic rings. The summed E-state index contributed by atoms with van der Waals surface area (Å²) in [6.45, 7) is 11.2. The van der Waals surface area contributed by atoms with Gasteiger partial charge < -0.3 is 4.90 Å². The standard InChI is InChI=1S/C15H23N3O/c1-12(2)11-17-7-9-18(10-8-17)15-14(13(3)19)5-4-6-16-15/h4-6,12H,7-11H2,1-3H3. The third-order valence-corrected chi connectivity index (χ3v) is 3.46. The molecule has 4 nitrogen and oxygen atoms in total.